The van der Waals surface area contributed by atoms with Gasteiger partial charge in [0.25, 0.3) is 0 Å². The molecule has 0 aliphatic carbocycles. The van der Waals surface area contributed by atoms with E-state index >= 15 is 0 Å². The van der Waals surface area contributed by atoms with Gasteiger partial charge in [0.2, 0.25) is 0 Å². The first-order valence-electron chi connectivity index (χ1n) is 6.79. The second-order valence-electron chi connectivity index (χ2n) is 4.90. The maximum atomic E-state index is 6.11. The van der Waals surface area contributed by atoms with Crippen LogP contribution in [0.1, 0.15) is 38.1 Å². The average Bonchev–Trinajstić information content (AvgIpc) is 2.94. The summed E-state index contributed by atoms with van der Waals surface area (Å²) in [6, 6.07) is 3.79. The fourth-order valence-electron chi connectivity index (χ4n) is 2.24. The molecule has 0 radical (unpaired) electrons. The van der Waals surface area contributed by atoms with Crippen LogP contribution in [0.2, 0.25) is 0 Å². The lowest BCUT2D eigenvalue weighted by molar-refractivity contribution is -0.0288. The highest BCUT2D eigenvalue weighted by atomic mass is 16.5. The molecule has 1 aliphatic rings. The van der Waals surface area contributed by atoms with E-state index in [1.807, 2.05) is 12.1 Å². The summed E-state index contributed by atoms with van der Waals surface area (Å²) in [6.45, 7) is 4.50. The smallest absolute Gasteiger partial charge is 0.134 e. The van der Waals surface area contributed by atoms with Crippen molar-refractivity contribution in [2.45, 2.75) is 38.3 Å². The van der Waals surface area contributed by atoms with Gasteiger partial charge in [-0.25, -0.2) is 0 Å². The molecule has 2 heterocycles. The van der Waals surface area contributed by atoms with Crippen molar-refractivity contribution in [1.82, 2.24) is 0 Å². The molecular weight excluding hydrogens is 230 g/mol. The van der Waals surface area contributed by atoms with Crippen molar-refractivity contribution in [2.24, 2.45) is 11.7 Å². The van der Waals surface area contributed by atoms with Crippen LogP contribution in [0.5, 0.6) is 0 Å². The normalized spacial score (nSPS) is 20.8. The number of hydrogen-bond donors (Lipinski definition) is 1. The van der Waals surface area contributed by atoms with Crippen LogP contribution in [0.4, 0.5) is 0 Å². The molecule has 4 heteroatoms. The zero-order valence-electron chi connectivity index (χ0n) is 11.0. The number of rotatable bonds is 6. The van der Waals surface area contributed by atoms with E-state index in [0.717, 1.165) is 44.8 Å². The number of furan rings is 1. The Hall–Kier alpha value is -0.840. The van der Waals surface area contributed by atoms with Gasteiger partial charge < -0.3 is 19.6 Å². The van der Waals surface area contributed by atoms with Gasteiger partial charge in [0.1, 0.15) is 11.9 Å². The number of hydrogen-bond acceptors (Lipinski definition) is 4. The third-order valence-corrected chi connectivity index (χ3v) is 3.54. The predicted molar refractivity (Wildman–Crippen MR) is 69.2 cm³/mol. The molecule has 0 bridgehead atoms. The fourth-order valence-corrected chi connectivity index (χ4v) is 2.24. The SMILES string of the molecule is CCC(N)C(OCC1CCOCC1)c1ccco1. The van der Waals surface area contributed by atoms with Crippen molar-refractivity contribution in [3.63, 3.8) is 0 Å². The van der Waals surface area contributed by atoms with Gasteiger partial charge >= 0.3 is 0 Å². The van der Waals surface area contributed by atoms with Crippen LogP contribution >= 0.6 is 0 Å². The summed E-state index contributed by atoms with van der Waals surface area (Å²) >= 11 is 0. The standard InChI is InChI=1S/C14H23NO3/c1-2-12(15)14(13-4-3-7-17-13)18-10-11-5-8-16-9-6-11/h3-4,7,11-12,14H,2,5-6,8-10,15H2,1H3. The van der Waals surface area contributed by atoms with Gasteiger partial charge in [-0.2, -0.15) is 0 Å². The molecule has 18 heavy (non-hydrogen) atoms. The van der Waals surface area contributed by atoms with Crippen LogP contribution in [0.3, 0.4) is 0 Å². The van der Waals surface area contributed by atoms with Crippen molar-refractivity contribution in [3.05, 3.63) is 24.2 Å². The Morgan fingerprint density at radius 2 is 2.22 bits per heavy atom. The quantitative estimate of drug-likeness (QED) is 0.846. The summed E-state index contributed by atoms with van der Waals surface area (Å²) in [4.78, 5) is 0. The summed E-state index contributed by atoms with van der Waals surface area (Å²) in [6.07, 6.45) is 4.56. The molecule has 0 saturated carbocycles. The highest BCUT2D eigenvalue weighted by Crippen LogP contribution is 2.25. The van der Waals surface area contributed by atoms with E-state index < -0.39 is 0 Å². The van der Waals surface area contributed by atoms with E-state index in [1.54, 1.807) is 6.26 Å². The minimum absolute atomic E-state index is 0.0176. The molecule has 102 valence electrons. The van der Waals surface area contributed by atoms with E-state index in [9.17, 15) is 0 Å². The van der Waals surface area contributed by atoms with E-state index in [0.29, 0.717) is 5.92 Å². The summed E-state index contributed by atoms with van der Waals surface area (Å²) in [5.41, 5.74) is 6.11. The highest BCUT2D eigenvalue weighted by molar-refractivity contribution is 5.05. The molecule has 2 rings (SSSR count). The molecule has 4 nitrogen and oxygen atoms in total. The second kappa shape index (κ2) is 6.92. The first-order chi connectivity index (χ1) is 8.81. The van der Waals surface area contributed by atoms with Crippen LogP contribution < -0.4 is 5.73 Å². The third-order valence-electron chi connectivity index (χ3n) is 3.54. The van der Waals surface area contributed by atoms with Crippen molar-refractivity contribution in [2.75, 3.05) is 19.8 Å². The van der Waals surface area contributed by atoms with Crippen molar-refractivity contribution in [3.8, 4) is 0 Å². The van der Waals surface area contributed by atoms with Crippen molar-refractivity contribution < 1.29 is 13.9 Å². The summed E-state index contributed by atoms with van der Waals surface area (Å²) in [5, 5.41) is 0. The fraction of sp³-hybridized carbons (Fsp3) is 0.714. The molecule has 0 amide bonds. The predicted octanol–water partition coefficient (Wildman–Crippen LogP) is 2.50. The Bertz CT molecular complexity index is 320. The van der Waals surface area contributed by atoms with Gasteiger partial charge in [0, 0.05) is 19.3 Å². The monoisotopic (exact) mass is 253 g/mol. The first kappa shape index (κ1) is 13.6. The van der Waals surface area contributed by atoms with Gasteiger partial charge in [0.05, 0.1) is 12.9 Å². The molecule has 2 N–H and O–H groups in total. The van der Waals surface area contributed by atoms with Gasteiger partial charge in [-0.1, -0.05) is 6.92 Å². The largest absolute Gasteiger partial charge is 0.467 e. The lowest BCUT2D eigenvalue weighted by Gasteiger charge is -2.26. The van der Waals surface area contributed by atoms with Crippen LogP contribution in [-0.2, 0) is 9.47 Å². The van der Waals surface area contributed by atoms with E-state index in [1.165, 1.54) is 0 Å². The molecule has 1 aromatic rings. The summed E-state index contributed by atoms with van der Waals surface area (Å²) in [5.74, 6) is 1.41. The first-order valence-corrected chi connectivity index (χ1v) is 6.79. The lowest BCUT2D eigenvalue weighted by atomic mass is 10.0. The molecular formula is C14H23NO3. The molecule has 0 spiro atoms. The van der Waals surface area contributed by atoms with E-state index in [2.05, 4.69) is 6.92 Å². The second-order valence-corrected chi connectivity index (χ2v) is 4.90. The molecule has 2 unspecified atom stereocenters. The Morgan fingerprint density at radius 1 is 1.44 bits per heavy atom. The molecule has 2 atom stereocenters. The summed E-state index contributed by atoms with van der Waals surface area (Å²) in [7, 11) is 0. The molecule has 1 fully saturated rings. The highest BCUT2D eigenvalue weighted by Gasteiger charge is 2.24. The van der Waals surface area contributed by atoms with Crippen LogP contribution in [0, 0.1) is 5.92 Å². The van der Waals surface area contributed by atoms with Gasteiger partial charge in [0.15, 0.2) is 0 Å². The van der Waals surface area contributed by atoms with Crippen LogP contribution in [-0.4, -0.2) is 25.9 Å². The number of nitrogens with two attached hydrogens (primary N) is 1. The van der Waals surface area contributed by atoms with E-state index in [-0.39, 0.29) is 12.1 Å². The van der Waals surface area contributed by atoms with Crippen LogP contribution in [0.25, 0.3) is 0 Å². The Labute approximate surface area is 108 Å². The molecule has 1 aliphatic heterocycles. The van der Waals surface area contributed by atoms with Gasteiger partial charge in [-0.3, -0.25) is 0 Å². The van der Waals surface area contributed by atoms with Crippen molar-refractivity contribution >= 4 is 0 Å². The zero-order chi connectivity index (χ0) is 12.8. The third kappa shape index (κ3) is 3.57. The Balaban J connectivity index is 1.89. The van der Waals surface area contributed by atoms with E-state index in [4.69, 9.17) is 19.6 Å². The average molecular weight is 253 g/mol. The minimum Gasteiger partial charge on any atom is -0.467 e. The van der Waals surface area contributed by atoms with Crippen molar-refractivity contribution in [1.29, 1.82) is 0 Å². The zero-order valence-corrected chi connectivity index (χ0v) is 11.0. The summed E-state index contributed by atoms with van der Waals surface area (Å²) < 4.78 is 16.8. The topological polar surface area (TPSA) is 57.6 Å². The minimum atomic E-state index is -0.132. The molecule has 0 aromatic carbocycles. The molecule has 1 aromatic heterocycles. The van der Waals surface area contributed by atoms with Gasteiger partial charge in [-0.15, -0.1) is 0 Å². The Kier molecular flexibility index (Phi) is 5.23. The maximum absolute atomic E-state index is 6.11. The van der Waals surface area contributed by atoms with Gasteiger partial charge in [-0.05, 0) is 37.3 Å². The van der Waals surface area contributed by atoms with Crippen LogP contribution in [0.15, 0.2) is 22.8 Å². The lowest BCUT2D eigenvalue weighted by Crippen LogP contribution is -2.31. The maximum Gasteiger partial charge on any atom is 0.134 e. The number of ether oxygens (including phenoxy) is 2. The Morgan fingerprint density at radius 3 is 2.83 bits per heavy atom. The molecule has 1 saturated heterocycles.